The average Bonchev–Trinajstić information content (AvgIpc) is 2.89. The van der Waals surface area contributed by atoms with Gasteiger partial charge in [-0.3, -0.25) is 0 Å². The molecule has 0 aliphatic carbocycles. The maximum absolute atomic E-state index is 6.09. The van der Waals surface area contributed by atoms with Crippen LogP contribution in [0.5, 0.6) is 0 Å². The average molecular weight is 341 g/mol. The summed E-state index contributed by atoms with van der Waals surface area (Å²) >= 11 is 6.06. The molecule has 0 unspecified atom stereocenters. The second kappa shape index (κ2) is 5.67. The number of rotatable bonds is 1. The van der Waals surface area contributed by atoms with Gasteiger partial charge in [0.25, 0.3) is 0 Å². The lowest BCUT2D eigenvalue weighted by Crippen LogP contribution is -2.15. The van der Waals surface area contributed by atoms with Crippen molar-refractivity contribution in [3.05, 3.63) is 58.8 Å². The van der Waals surface area contributed by atoms with Crippen LogP contribution in [0.3, 0.4) is 0 Å². The van der Waals surface area contributed by atoms with E-state index in [9.17, 15) is 0 Å². The van der Waals surface area contributed by atoms with Gasteiger partial charge in [-0.2, -0.15) is 0 Å². The van der Waals surface area contributed by atoms with Crippen LogP contribution in [0.2, 0.25) is 5.02 Å². The predicted molar refractivity (Wildman–Crippen MR) is 104 cm³/mol. The predicted octanol–water partition coefficient (Wildman–Crippen LogP) is 7.35. The van der Waals surface area contributed by atoms with E-state index in [1.54, 1.807) is 0 Å². The van der Waals surface area contributed by atoms with Gasteiger partial charge < -0.3 is 4.42 Å². The molecule has 2 aromatic carbocycles. The third-order valence-corrected chi connectivity index (χ3v) is 4.74. The van der Waals surface area contributed by atoms with Gasteiger partial charge in [0.2, 0.25) is 0 Å². The molecule has 0 atom stereocenters. The molecule has 0 spiro atoms. The Morgan fingerprint density at radius 2 is 1.29 bits per heavy atom. The second-order valence-corrected chi connectivity index (χ2v) is 8.96. The van der Waals surface area contributed by atoms with Crippen LogP contribution in [0.4, 0.5) is 0 Å². The minimum atomic E-state index is 0.0315. The first-order chi connectivity index (χ1) is 11.1. The molecule has 0 aliphatic rings. The fourth-order valence-electron chi connectivity index (χ4n) is 3.21. The minimum absolute atomic E-state index is 0.0315. The number of furan rings is 1. The Labute approximate surface area is 149 Å². The van der Waals surface area contributed by atoms with E-state index in [4.69, 9.17) is 16.0 Å². The van der Waals surface area contributed by atoms with Crippen molar-refractivity contribution in [1.29, 1.82) is 0 Å². The van der Waals surface area contributed by atoms with Crippen molar-refractivity contribution < 1.29 is 4.42 Å². The zero-order valence-corrected chi connectivity index (χ0v) is 16.1. The van der Waals surface area contributed by atoms with Crippen molar-refractivity contribution >= 4 is 22.6 Å². The molecule has 3 aromatic rings. The summed E-state index contributed by atoms with van der Waals surface area (Å²) in [7, 11) is 0. The lowest BCUT2D eigenvalue weighted by atomic mass is 9.79. The monoisotopic (exact) mass is 340 g/mol. The van der Waals surface area contributed by atoms with Crippen LogP contribution < -0.4 is 0 Å². The maximum Gasteiger partial charge on any atom is 0.138 e. The first kappa shape index (κ1) is 17.1. The molecule has 0 bridgehead atoms. The van der Waals surface area contributed by atoms with Gasteiger partial charge in [0.15, 0.2) is 0 Å². The van der Waals surface area contributed by atoms with E-state index in [1.165, 1.54) is 16.5 Å². The molecule has 126 valence electrons. The molecule has 1 heterocycles. The van der Waals surface area contributed by atoms with Gasteiger partial charge in [-0.1, -0.05) is 77.4 Å². The Morgan fingerprint density at radius 1 is 0.750 bits per heavy atom. The van der Waals surface area contributed by atoms with Crippen molar-refractivity contribution in [2.24, 2.45) is 0 Å². The van der Waals surface area contributed by atoms with E-state index in [0.29, 0.717) is 0 Å². The van der Waals surface area contributed by atoms with Gasteiger partial charge in [-0.15, -0.1) is 0 Å². The van der Waals surface area contributed by atoms with Crippen molar-refractivity contribution in [2.75, 3.05) is 0 Å². The van der Waals surface area contributed by atoms with Crippen molar-refractivity contribution in [1.82, 2.24) is 0 Å². The Bertz CT molecular complexity index is 871. The summed E-state index contributed by atoms with van der Waals surface area (Å²) in [5, 5.41) is 1.97. The summed E-state index contributed by atoms with van der Waals surface area (Å²) in [6, 6.07) is 12.5. The molecule has 0 saturated carbocycles. The van der Waals surface area contributed by atoms with Gasteiger partial charge in [-0.25, -0.2) is 0 Å². The lowest BCUT2D eigenvalue weighted by Gasteiger charge is -2.25. The Kier molecular flexibility index (Phi) is 4.04. The van der Waals surface area contributed by atoms with E-state index in [0.717, 1.165) is 21.7 Å². The molecule has 1 aromatic heterocycles. The molecule has 0 aliphatic heterocycles. The SMILES string of the molecule is CC(C)(C)c1ccc(C(C)(C)C)c2c(-c3ccc(Cl)cc3)coc12. The van der Waals surface area contributed by atoms with Crippen LogP contribution in [0.1, 0.15) is 52.7 Å². The minimum Gasteiger partial charge on any atom is -0.463 e. The largest absolute Gasteiger partial charge is 0.463 e. The molecule has 0 amide bonds. The summed E-state index contributed by atoms with van der Waals surface area (Å²) in [6.07, 6.45) is 1.89. The van der Waals surface area contributed by atoms with E-state index < -0.39 is 0 Å². The van der Waals surface area contributed by atoms with E-state index in [1.807, 2.05) is 18.4 Å². The number of fused-ring (bicyclic) bond motifs is 1. The van der Waals surface area contributed by atoms with Crippen LogP contribution >= 0.6 is 11.6 Å². The van der Waals surface area contributed by atoms with E-state index in [-0.39, 0.29) is 10.8 Å². The van der Waals surface area contributed by atoms with Crippen LogP contribution in [0.25, 0.3) is 22.1 Å². The third-order valence-electron chi connectivity index (χ3n) is 4.49. The molecule has 1 nitrogen and oxygen atoms in total. The van der Waals surface area contributed by atoms with E-state index in [2.05, 4.69) is 65.8 Å². The van der Waals surface area contributed by atoms with Gasteiger partial charge in [0, 0.05) is 21.5 Å². The zero-order valence-electron chi connectivity index (χ0n) is 15.3. The number of halogens is 1. The third kappa shape index (κ3) is 2.98. The molecule has 2 heteroatoms. The van der Waals surface area contributed by atoms with Crippen LogP contribution in [-0.4, -0.2) is 0 Å². The highest BCUT2D eigenvalue weighted by Gasteiger charge is 2.26. The summed E-state index contributed by atoms with van der Waals surface area (Å²) in [5.41, 5.74) is 5.89. The topological polar surface area (TPSA) is 13.1 Å². The fraction of sp³-hybridized carbons (Fsp3) is 0.364. The number of hydrogen-bond donors (Lipinski definition) is 0. The summed E-state index contributed by atoms with van der Waals surface area (Å²) in [6.45, 7) is 13.4. The highest BCUT2D eigenvalue weighted by atomic mass is 35.5. The normalized spacial score (nSPS) is 12.8. The van der Waals surface area contributed by atoms with Gasteiger partial charge >= 0.3 is 0 Å². The number of hydrogen-bond acceptors (Lipinski definition) is 1. The summed E-state index contributed by atoms with van der Waals surface area (Å²) in [5.74, 6) is 0. The van der Waals surface area contributed by atoms with Gasteiger partial charge in [0.1, 0.15) is 5.58 Å². The molecule has 0 fully saturated rings. The fourth-order valence-corrected chi connectivity index (χ4v) is 3.33. The quantitative estimate of drug-likeness (QED) is 0.451. The molecule has 0 N–H and O–H groups in total. The molecule has 3 rings (SSSR count). The first-order valence-electron chi connectivity index (χ1n) is 8.40. The van der Waals surface area contributed by atoms with Crippen LogP contribution in [0, 0.1) is 0 Å². The Balaban J connectivity index is 2.38. The summed E-state index contributed by atoms with van der Waals surface area (Å²) in [4.78, 5) is 0. The highest BCUT2D eigenvalue weighted by molar-refractivity contribution is 6.30. The molecular formula is C22H25ClO. The van der Waals surface area contributed by atoms with Gasteiger partial charge in [0.05, 0.1) is 6.26 Å². The van der Waals surface area contributed by atoms with Crippen LogP contribution in [-0.2, 0) is 10.8 Å². The van der Waals surface area contributed by atoms with Crippen molar-refractivity contribution in [3.63, 3.8) is 0 Å². The Hall–Kier alpha value is -1.73. The second-order valence-electron chi connectivity index (χ2n) is 8.52. The van der Waals surface area contributed by atoms with E-state index >= 15 is 0 Å². The van der Waals surface area contributed by atoms with Crippen molar-refractivity contribution in [3.8, 4) is 11.1 Å². The lowest BCUT2D eigenvalue weighted by molar-refractivity contribution is 0.555. The molecule has 0 saturated heterocycles. The summed E-state index contributed by atoms with van der Waals surface area (Å²) < 4.78 is 6.09. The highest BCUT2D eigenvalue weighted by Crippen LogP contribution is 2.42. The van der Waals surface area contributed by atoms with Crippen LogP contribution in [0.15, 0.2) is 47.1 Å². The molecular weight excluding hydrogens is 316 g/mol. The first-order valence-corrected chi connectivity index (χ1v) is 8.78. The zero-order chi connectivity index (χ0) is 17.7. The Morgan fingerprint density at radius 3 is 1.83 bits per heavy atom. The molecule has 0 radical (unpaired) electrons. The standard InChI is InChI=1S/C22H25ClO/c1-21(2,3)17-11-12-18(22(4,5)6)20-19(17)16(13-24-20)14-7-9-15(23)10-8-14/h7-13H,1-6H3. The van der Waals surface area contributed by atoms with Crippen molar-refractivity contribution in [2.45, 2.75) is 52.4 Å². The smallest absolute Gasteiger partial charge is 0.138 e. The molecule has 24 heavy (non-hydrogen) atoms. The maximum atomic E-state index is 6.09. The number of benzene rings is 2. The van der Waals surface area contributed by atoms with Gasteiger partial charge in [-0.05, 0) is 34.1 Å².